The summed E-state index contributed by atoms with van der Waals surface area (Å²) in [6, 6.07) is 6.06. The molecule has 0 unspecified atom stereocenters. The molecule has 1 heterocycles. The minimum atomic E-state index is -0.408. The Morgan fingerprint density at radius 2 is 1.80 bits per heavy atom. The van der Waals surface area contributed by atoms with Crippen LogP contribution in [0.5, 0.6) is 5.75 Å². The van der Waals surface area contributed by atoms with Gasteiger partial charge in [0.05, 0.1) is 0 Å². The van der Waals surface area contributed by atoms with E-state index in [1.165, 1.54) is 18.4 Å². The second-order valence-corrected chi connectivity index (χ2v) is 5.77. The Bertz CT molecular complexity index is 462. The molecule has 3 heteroatoms. The van der Waals surface area contributed by atoms with Gasteiger partial charge >= 0.3 is 0 Å². The van der Waals surface area contributed by atoms with Gasteiger partial charge in [-0.05, 0) is 45.2 Å². The van der Waals surface area contributed by atoms with Crippen molar-refractivity contribution in [3.63, 3.8) is 0 Å². The van der Waals surface area contributed by atoms with E-state index in [1.807, 2.05) is 30.9 Å². The summed E-state index contributed by atoms with van der Waals surface area (Å²) in [6.07, 6.45) is 4.28. The first-order chi connectivity index (χ1) is 9.58. The van der Waals surface area contributed by atoms with Gasteiger partial charge in [-0.1, -0.05) is 30.5 Å². The van der Waals surface area contributed by atoms with Gasteiger partial charge in [0.2, 0.25) is 0 Å². The average molecular weight is 275 g/mol. The molecule has 110 valence electrons. The van der Waals surface area contributed by atoms with Crippen molar-refractivity contribution >= 4 is 5.91 Å². The summed E-state index contributed by atoms with van der Waals surface area (Å²) >= 11 is 0. The second-order valence-electron chi connectivity index (χ2n) is 5.77. The van der Waals surface area contributed by atoms with Crippen LogP contribution in [0.15, 0.2) is 18.2 Å². The van der Waals surface area contributed by atoms with E-state index < -0.39 is 6.10 Å². The summed E-state index contributed by atoms with van der Waals surface area (Å²) in [5.74, 6) is 0.929. The van der Waals surface area contributed by atoms with Gasteiger partial charge in [-0.25, -0.2) is 0 Å². The van der Waals surface area contributed by atoms with Crippen LogP contribution in [0.25, 0.3) is 0 Å². The first-order valence-corrected chi connectivity index (χ1v) is 7.60. The lowest BCUT2D eigenvalue weighted by Gasteiger charge is -2.25. The Morgan fingerprint density at radius 1 is 1.15 bits per heavy atom. The van der Waals surface area contributed by atoms with Crippen LogP contribution in [0.1, 0.15) is 43.7 Å². The highest BCUT2D eigenvalue weighted by molar-refractivity contribution is 5.81. The lowest BCUT2D eigenvalue weighted by molar-refractivity contribution is -0.137. The molecule has 1 saturated heterocycles. The van der Waals surface area contributed by atoms with Gasteiger partial charge < -0.3 is 9.64 Å². The minimum Gasteiger partial charge on any atom is -0.481 e. The molecule has 1 aromatic carbocycles. The van der Waals surface area contributed by atoms with Gasteiger partial charge in [0.1, 0.15) is 5.75 Å². The van der Waals surface area contributed by atoms with Crippen molar-refractivity contribution in [2.75, 3.05) is 13.1 Å². The molecule has 0 bridgehead atoms. The van der Waals surface area contributed by atoms with Crippen molar-refractivity contribution in [2.24, 2.45) is 0 Å². The van der Waals surface area contributed by atoms with Gasteiger partial charge in [-0.2, -0.15) is 0 Å². The Kier molecular flexibility index (Phi) is 5.05. The van der Waals surface area contributed by atoms with E-state index in [0.29, 0.717) is 0 Å². The predicted octanol–water partition coefficient (Wildman–Crippen LogP) is 3.47. The van der Waals surface area contributed by atoms with Gasteiger partial charge in [0.25, 0.3) is 5.91 Å². The topological polar surface area (TPSA) is 29.5 Å². The molecule has 1 aromatic rings. The van der Waals surface area contributed by atoms with Crippen LogP contribution < -0.4 is 4.74 Å². The lowest BCUT2D eigenvalue weighted by atomic mass is 10.1. The van der Waals surface area contributed by atoms with E-state index in [9.17, 15) is 4.79 Å². The average Bonchev–Trinajstić information content (AvgIpc) is 2.70. The molecule has 0 spiro atoms. The third kappa shape index (κ3) is 3.75. The summed E-state index contributed by atoms with van der Waals surface area (Å²) in [5.41, 5.74) is 2.29. The van der Waals surface area contributed by atoms with E-state index in [2.05, 4.69) is 13.0 Å². The van der Waals surface area contributed by atoms with Crippen molar-refractivity contribution in [2.45, 2.75) is 52.6 Å². The zero-order valence-corrected chi connectivity index (χ0v) is 12.8. The summed E-state index contributed by atoms with van der Waals surface area (Å²) in [4.78, 5) is 14.4. The molecule has 0 N–H and O–H groups in total. The van der Waals surface area contributed by atoms with E-state index in [4.69, 9.17) is 4.74 Å². The first-order valence-electron chi connectivity index (χ1n) is 7.60. The van der Waals surface area contributed by atoms with Gasteiger partial charge in [-0.3, -0.25) is 4.79 Å². The predicted molar refractivity (Wildman–Crippen MR) is 81.1 cm³/mol. The third-order valence-corrected chi connectivity index (χ3v) is 3.90. The van der Waals surface area contributed by atoms with Gasteiger partial charge in [0.15, 0.2) is 6.10 Å². The molecule has 0 aliphatic carbocycles. The first kappa shape index (κ1) is 14.9. The van der Waals surface area contributed by atoms with Crippen LogP contribution in [0, 0.1) is 13.8 Å². The maximum absolute atomic E-state index is 12.4. The number of aryl methyl sites for hydroxylation is 2. The number of ether oxygens (including phenoxy) is 1. The highest BCUT2D eigenvalue weighted by Crippen LogP contribution is 2.21. The fourth-order valence-corrected chi connectivity index (χ4v) is 2.72. The quantitative estimate of drug-likeness (QED) is 0.845. The third-order valence-electron chi connectivity index (χ3n) is 3.90. The SMILES string of the molecule is Cc1ccc(O[C@@H](C)C(=O)N2CCCCCC2)c(C)c1. The van der Waals surface area contributed by atoms with Crippen molar-refractivity contribution in [3.05, 3.63) is 29.3 Å². The maximum atomic E-state index is 12.4. The van der Waals surface area contributed by atoms with Crippen LogP contribution >= 0.6 is 0 Å². The summed E-state index contributed by atoms with van der Waals surface area (Å²) in [5, 5.41) is 0. The zero-order valence-electron chi connectivity index (χ0n) is 12.8. The Balaban J connectivity index is 1.99. The van der Waals surface area contributed by atoms with Gasteiger partial charge in [-0.15, -0.1) is 0 Å². The van der Waals surface area contributed by atoms with E-state index >= 15 is 0 Å². The van der Waals surface area contributed by atoms with Crippen LogP contribution in [0.3, 0.4) is 0 Å². The number of rotatable bonds is 3. The second kappa shape index (κ2) is 6.78. The molecule has 1 atom stereocenters. The molecule has 20 heavy (non-hydrogen) atoms. The maximum Gasteiger partial charge on any atom is 0.263 e. The van der Waals surface area contributed by atoms with E-state index in [1.54, 1.807) is 0 Å². The van der Waals surface area contributed by atoms with Crippen molar-refractivity contribution in [1.29, 1.82) is 0 Å². The molecular weight excluding hydrogens is 250 g/mol. The number of hydrogen-bond donors (Lipinski definition) is 0. The number of amides is 1. The van der Waals surface area contributed by atoms with Crippen molar-refractivity contribution in [1.82, 2.24) is 4.90 Å². The number of likely N-dealkylation sites (tertiary alicyclic amines) is 1. The van der Waals surface area contributed by atoms with Crippen LogP contribution in [0.2, 0.25) is 0 Å². The highest BCUT2D eigenvalue weighted by Gasteiger charge is 2.23. The number of benzene rings is 1. The summed E-state index contributed by atoms with van der Waals surface area (Å²) < 4.78 is 5.86. The molecule has 0 aromatic heterocycles. The van der Waals surface area contributed by atoms with Crippen LogP contribution in [-0.2, 0) is 4.79 Å². The minimum absolute atomic E-state index is 0.117. The van der Waals surface area contributed by atoms with E-state index in [0.717, 1.165) is 37.2 Å². The van der Waals surface area contributed by atoms with Crippen molar-refractivity contribution in [3.8, 4) is 5.75 Å². The normalized spacial score (nSPS) is 17.4. The van der Waals surface area contributed by atoms with Crippen molar-refractivity contribution < 1.29 is 9.53 Å². The largest absolute Gasteiger partial charge is 0.481 e. The van der Waals surface area contributed by atoms with Gasteiger partial charge in [0, 0.05) is 13.1 Å². The highest BCUT2D eigenvalue weighted by atomic mass is 16.5. The van der Waals surface area contributed by atoms with Crippen LogP contribution in [0.4, 0.5) is 0 Å². The Morgan fingerprint density at radius 3 is 2.40 bits per heavy atom. The molecule has 2 rings (SSSR count). The lowest BCUT2D eigenvalue weighted by Crippen LogP contribution is -2.41. The fourth-order valence-electron chi connectivity index (χ4n) is 2.72. The standard InChI is InChI=1S/C17H25NO2/c1-13-8-9-16(14(2)12-13)20-15(3)17(19)18-10-6-4-5-7-11-18/h8-9,12,15H,4-7,10-11H2,1-3H3/t15-/m0/s1. The Labute approximate surface area is 121 Å². The number of carbonyl (C=O) groups is 1. The number of hydrogen-bond acceptors (Lipinski definition) is 2. The fraction of sp³-hybridized carbons (Fsp3) is 0.588. The smallest absolute Gasteiger partial charge is 0.263 e. The zero-order chi connectivity index (χ0) is 14.5. The molecule has 3 nitrogen and oxygen atoms in total. The number of carbonyl (C=O) groups excluding carboxylic acids is 1. The molecule has 1 fully saturated rings. The Hall–Kier alpha value is -1.51. The molecule has 1 aliphatic heterocycles. The molecular formula is C17H25NO2. The number of nitrogens with zero attached hydrogens (tertiary/aromatic N) is 1. The summed E-state index contributed by atoms with van der Waals surface area (Å²) in [7, 11) is 0. The monoisotopic (exact) mass is 275 g/mol. The summed E-state index contributed by atoms with van der Waals surface area (Å²) in [6.45, 7) is 7.68. The molecule has 0 radical (unpaired) electrons. The molecule has 1 amide bonds. The molecule has 0 saturated carbocycles. The van der Waals surface area contributed by atoms with E-state index in [-0.39, 0.29) is 5.91 Å². The van der Waals surface area contributed by atoms with Crippen LogP contribution in [-0.4, -0.2) is 30.0 Å². The molecule has 1 aliphatic rings.